The van der Waals surface area contributed by atoms with Crippen molar-refractivity contribution >= 4 is 5.69 Å². The summed E-state index contributed by atoms with van der Waals surface area (Å²) in [4.78, 5) is 3.30. The molecule has 7 heteroatoms. The molecule has 0 radical (unpaired) electrons. The number of aromatic hydroxyl groups is 2. The van der Waals surface area contributed by atoms with Gasteiger partial charge in [0.1, 0.15) is 5.69 Å². The molecular formula is C13H11F3N2O2. The Balaban J connectivity index is 2.06. The van der Waals surface area contributed by atoms with Gasteiger partial charge in [-0.15, -0.1) is 0 Å². The van der Waals surface area contributed by atoms with Crippen LogP contribution >= 0.6 is 0 Å². The van der Waals surface area contributed by atoms with Gasteiger partial charge >= 0.3 is 6.18 Å². The molecule has 0 saturated heterocycles. The molecule has 2 rings (SSSR count). The first-order valence-electron chi connectivity index (χ1n) is 5.65. The number of hydrogen-bond acceptors (Lipinski definition) is 4. The second kappa shape index (κ2) is 5.28. The van der Waals surface area contributed by atoms with Crippen molar-refractivity contribution in [1.82, 2.24) is 4.98 Å². The molecule has 3 N–H and O–H groups in total. The minimum atomic E-state index is -4.47. The van der Waals surface area contributed by atoms with E-state index in [1.54, 1.807) is 12.1 Å². The van der Waals surface area contributed by atoms with Crippen LogP contribution in [0.5, 0.6) is 11.5 Å². The summed E-state index contributed by atoms with van der Waals surface area (Å²) < 4.78 is 37.0. The first-order chi connectivity index (χ1) is 9.38. The topological polar surface area (TPSA) is 65.4 Å². The van der Waals surface area contributed by atoms with Crippen molar-refractivity contribution in [3.63, 3.8) is 0 Å². The highest BCUT2D eigenvalue weighted by Crippen LogP contribution is 2.30. The molecule has 0 saturated carbocycles. The number of benzene rings is 1. The average molecular weight is 284 g/mol. The molecule has 1 aromatic heterocycles. The fraction of sp³-hybridized carbons (Fsp3) is 0.154. The number of para-hydroxylation sites is 1. The first-order valence-corrected chi connectivity index (χ1v) is 5.65. The zero-order valence-corrected chi connectivity index (χ0v) is 10.1. The monoisotopic (exact) mass is 284 g/mol. The summed E-state index contributed by atoms with van der Waals surface area (Å²) in [5, 5.41) is 21.7. The third-order valence-electron chi connectivity index (χ3n) is 2.64. The maximum atomic E-state index is 12.3. The number of alkyl halides is 3. The number of nitrogens with one attached hydrogen (secondary N) is 1. The summed E-state index contributed by atoms with van der Waals surface area (Å²) in [6.45, 7) is 0.146. The number of pyridine rings is 1. The quantitative estimate of drug-likeness (QED) is 0.758. The van der Waals surface area contributed by atoms with E-state index in [0.29, 0.717) is 11.3 Å². The predicted molar refractivity (Wildman–Crippen MR) is 66.3 cm³/mol. The normalized spacial score (nSPS) is 11.3. The lowest BCUT2D eigenvalue weighted by molar-refractivity contribution is -0.141. The molecule has 0 amide bonds. The van der Waals surface area contributed by atoms with E-state index in [1.165, 1.54) is 12.1 Å². The Kier molecular flexibility index (Phi) is 3.69. The molecule has 0 bridgehead atoms. The van der Waals surface area contributed by atoms with Crippen LogP contribution in [0.15, 0.2) is 36.5 Å². The minimum absolute atomic E-state index is 0.146. The number of anilines is 1. The summed E-state index contributed by atoms with van der Waals surface area (Å²) in [7, 11) is 0. The second-order valence-corrected chi connectivity index (χ2v) is 4.07. The lowest BCUT2D eigenvalue weighted by Crippen LogP contribution is -2.08. The molecule has 0 unspecified atom stereocenters. The van der Waals surface area contributed by atoms with E-state index in [9.17, 15) is 23.4 Å². The number of nitrogens with zero attached hydrogens (tertiary/aromatic N) is 1. The molecule has 4 nitrogen and oxygen atoms in total. The lowest BCUT2D eigenvalue weighted by Gasteiger charge is -2.10. The Morgan fingerprint density at radius 3 is 2.45 bits per heavy atom. The largest absolute Gasteiger partial charge is 0.504 e. The third kappa shape index (κ3) is 3.11. The third-order valence-corrected chi connectivity index (χ3v) is 2.64. The van der Waals surface area contributed by atoms with Crippen LogP contribution in [-0.4, -0.2) is 15.2 Å². The zero-order chi connectivity index (χ0) is 14.8. The van der Waals surface area contributed by atoms with Crippen molar-refractivity contribution in [3.8, 4) is 11.5 Å². The van der Waals surface area contributed by atoms with Crippen molar-refractivity contribution < 1.29 is 23.4 Å². The number of rotatable bonds is 3. The Labute approximate surface area is 112 Å². The molecule has 1 aromatic carbocycles. The molecule has 0 spiro atoms. The minimum Gasteiger partial charge on any atom is -0.504 e. The maximum Gasteiger partial charge on any atom is 0.433 e. The number of phenols is 2. The highest BCUT2D eigenvalue weighted by atomic mass is 19.4. The van der Waals surface area contributed by atoms with Crippen LogP contribution in [-0.2, 0) is 12.7 Å². The van der Waals surface area contributed by atoms with Gasteiger partial charge in [0.05, 0.1) is 11.9 Å². The predicted octanol–water partition coefficient (Wildman–Crippen LogP) is 3.12. The van der Waals surface area contributed by atoms with Crippen molar-refractivity contribution in [2.24, 2.45) is 0 Å². The molecule has 0 atom stereocenters. The highest BCUT2D eigenvalue weighted by molar-refractivity contribution is 5.48. The van der Waals surface area contributed by atoms with Crippen molar-refractivity contribution in [2.75, 3.05) is 5.32 Å². The zero-order valence-electron chi connectivity index (χ0n) is 10.1. The van der Waals surface area contributed by atoms with Gasteiger partial charge < -0.3 is 15.5 Å². The van der Waals surface area contributed by atoms with Gasteiger partial charge in [0.15, 0.2) is 11.5 Å². The fourth-order valence-electron chi connectivity index (χ4n) is 1.58. The molecule has 0 aliphatic heterocycles. The SMILES string of the molecule is Oc1cccc(CNc2ccc(C(F)(F)F)nc2)c1O. The van der Waals surface area contributed by atoms with E-state index >= 15 is 0 Å². The van der Waals surface area contributed by atoms with Crippen molar-refractivity contribution in [3.05, 3.63) is 47.8 Å². The Hall–Kier alpha value is -2.44. The molecule has 0 fully saturated rings. The number of halogens is 3. The van der Waals surface area contributed by atoms with E-state index < -0.39 is 11.9 Å². The van der Waals surface area contributed by atoms with Crippen molar-refractivity contribution in [2.45, 2.75) is 12.7 Å². The van der Waals surface area contributed by atoms with Crippen LogP contribution in [0.3, 0.4) is 0 Å². The second-order valence-electron chi connectivity index (χ2n) is 4.07. The van der Waals surface area contributed by atoms with Gasteiger partial charge in [-0.05, 0) is 18.2 Å². The van der Waals surface area contributed by atoms with Crippen LogP contribution in [0.4, 0.5) is 18.9 Å². The van der Waals surface area contributed by atoms with Crippen molar-refractivity contribution in [1.29, 1.82) is 0 Å². The Morgan fingerprint density at radius 2 is 1.85 bits per heavy atom. The Morgan fingerprint density at radius 1 is 1.10 bits per heavy atom. The van der Waals surface area contributed by atoms with E-state index in [1.807, 2.05) is 0 Å². The van der Waals surface area contributed by atoms with E-state index in [0.717, 1.165) is 12.3 Å². The molecular weight excluding hydrogens is 273 g/mol. The van der Waals surface area contributed by atoms with Crippen LogP contribution in [0.1, 0.15) is 11.3 Å². The van der Waals surface area contributed by atoms with Gasteiger partial charge in [-0.25, -0.2) is 4.98 Å². The van der Waals surface area contributed by atoms with Crippen LogP contribution < -0.4 is 5.32 Å². The van der Waals surface area contributed by atoms with Gasteiger partial charge in [0.2, 0.25) is 0 Å². The standard InChI is InChI=1S/C13H11F3N2O2/c14-13(15,16)11-5-4-9(7-18-11)17-6-8-2-1-3-10(19)12(8)20/h1-5,7,17,19-20H,6H2. The van der Waals surface area contributed by atoms with Gasteiger partial charge in [-0.3, -0.25) is 0 Å². The summed E-state index contributed by atoms with van der Waals surface area (Å²) in [6, 6.07) is 6.58. The summed E-state index contributed by atoms with van der Waals surface area (Å²) in [5.74, 6) is -0.519. The van der Waals surface area contributed by atoms with Gasteiger partial charge in [-0.1, -0.05) is 12.1 Å². The number of phenolic OH excluding ortho intramolecular Hbond substituents is 2. The van der Waals surface area contributed by atoms with Gasteiger partial charge in [-0.2, -0.15) is 13.2 Å². The van der Waals surface area contributed by atoms with Crippen LogP contribution in [0, 0.1) is 0 Å². The molecule has 0 aliphatic rings. The van der Waals surface area contributed by atoms with E-state index in [2.05, 4.69) is 10.3 Å². The molecule has 106 valence electrons. The van der Waals surface area contributed by atoms with Gasteiger partial charge in [0, 0.05) is 12.1 Å². The Bertz CT molecular complexity index is 598. The smallest absolute Gasteiger partial charge is 0.433 e. The number of hydrogen-bond donors (Lipinski definition) is 3. The number of aromatic nitrogens is 1. The van der Waals surface area contributed by atoms with Crippen LogP contribution in [0.2, 0.25) is 0 Å². The average Bonchev–Trinajstić information content (AvgIpc) is 2.40. The summed E-state index contributed by atoms with van der Waals surface area (Å²) in [5.41, 5.74) is -0.172. The van der Waals surface area contributed by atoms with Gasteiger partial charge in [0.25, 0.3) is 0 Å². The fourth-order valence-corrected chi connectivity index (χ4v) is 1.58. The maximum absolute atomic E-state index is 12.3. The van der Waals surface area contributed by atoms with E-state index in [4.69, 9.17) is 0 Å². The molecule has 20 heavy (non-hydrogen) atoms. The highest BCUT2D eigenvalue weighted by Gasteiger charge is 2.31. The van der Waals surface area contributed by atoms with Crippen LogP contribution in [0.25, 0.3) is 0 Å². The lowest BCUT2D eigenvalue weighted by atomic mass is 10.2. The van der Waals surface area contributed by atoms with E-state index in [-0.39, 0.29) is 18.0 Å². The summed E-state index contributed by atoms with van der Waals surface area (Å²) in [6.07, 6.45) is -3.41. The molecule has 1 heterocycles. The summed E-state index contributed by atoms with van der Waals surface area (Å²) >= 11 is 0. The molecule has 2 aromatic rings. The molecule has 0 aliphatic carbocycles. The first kappa shape index (κ1) is 14.0.